The van der Waals surface area contributed by atoms with Gasteiger partial charge in [-0.2, -0.15) is 0 Å². The number of amides is 1. The number of carbonyl (C=O) groups excluding carboxylic acids is 1. The molecule has 0 atom stereocenters. The van der Waals surface area contributed by atoms with E-state index in [0.29, 0.717) is 25.9 Å². The molecule has 1 saturated heterocycles. The topological polar surface area (TPSA) is 108 Å². The third-order valence-corrected chi connectivity index (χ3v) is 6.46. The number of sulfonamides is 1. The highest BCUT2D eigenvalue weighted by atomic mass is 32.2. The van der Waals surface area contributed by atoms with Crippen LogP contribution in [0.3, 0.4) is 0 Å². The van der Waals surface area contributed by atoms with Crippen LogP contribution in [-0.4, -0.2) is 71.0 Å². The Labute approximate surface area is 153 Å². The maximum Gasteiger partial charge on any atom is 0.323 e. The van der Waals surface area contributed by atoms with Gasteiger partial charge in [-0.25, -0.2) is 12.7 Å². The highest BCUT2D eigenvalue weighted by molar-refractivity contribution is 7.89. The molecular formula is C17H25N3O5S. The van der Waals surface area contributed by atoms with Crippen LogP contribution in [0.5, 0.6) is 0 Å². The lowest BCUT2D eigenvalue weighted by Gasteiger charge is -2.37. The quantitative estimate of drug-likeness (QED) is 0.741. The number of pyridine rings is 1. The molecular weight excluding hydrogens is 358 g/mol. The first-order valence-electron chi connectivity index (χ1n) is 8.63. The number of hydrogen-bond acceptors (Lipinski definition) is 5. The van der Waals surface area contributed by atoms with Crippen LogP contribution >= 0.6 is 0 Å². The van der Waals surface area contributed by atoms with Crippen LogP contribution in [0.1, 0.15) is 31.0 Å². The van der Waals surface area contributed by atoms with Gasteiger partial charge in [-0.1, -0.05) is 6.07 Å². The summed E-state index contributed by atoms with van der Waals surface area (Å²) in [5, 5.41) is 9.17. The summed E-state index contributed by atoms with van der Waals surface area (Å²) in [5.41, 5.74) is 1.56. The lowest BCUT2D eigenvalue weighted by Crippen LogP contribution is -2.50. The molecule has 1 aliphatic rings. The first-order valence-corrected chi connectivity index (χ1v) is 10.2. The molecule has 1 amide bonds. The normalized spacial score (nSPS) is 16.4. The van der Waals surface area contributed by atoms with Gasteiger partial charge in [-0.3, -0.25) is 14.6 Å². The number of carbonyl (C=O) groups is 2. The summed E-state index contributed by atoms with van der Waals surface area (Å²) < 4.78 is 25.3. The van der Waals surface area contributed by atoms with Crippen LogP contribution in [-0.2, 0) is 26.0 Å². The fourth-order valence-corrected chi connectivity index (χ4v) is 4.19. The number of aromatic nitrogens is 1. The Morgan fingerprint density at radius 3 is 2.46 bits per heavy atom. The van der Waals surface area contributed by atoms with E-state index in [0.717, 1.165) is 11.3 Å². The average molecular weight is 383 g/mol. The van der Waals surface area contributed by atoms with Crippen molar-refractivity contribution in [2.24, 2.45) is 0 Å². The number of piperidine rings is 1. The number of aryl methyl sites for hydroxylation is 1. The molecule has 1 aromatic heterocycles. The van der Waals surface area contributed by atoms with Crippen molar-refractivity contribution in [3.63, 3.8) is 0 Å². The van der Waals surface area contributed by atoms with Crippen molar-refractivity contribution in [2.45, 2.75) is 39.2 Å². The second-order valence-corrected chi connectivity index (χ2v) is 8.69. The molecule has 0 unspecified atom stereocenters. The standard InChI is InChI=1S/C17H25N3O5S/c1-3-26(24,25)19-8-6-15(7-9-19)20(12-17(22)23)16(21)10-14-5-4-13(2)18-11-14/h4-5,11,15H,3,6-10,12H2,1-2H3,(H,22,23). The van der Waals surface area contributed by atoms with Gasteiger partial charge in [0, 0.05) is 31.0 Å². The molecule has 0 spiro atoms. The largest absolute Gasteiger partial charge is 0.480 e. The first-order chi connectivity index (χ1) is 12.2. The Bertz CT molecular complexity index is 740. The Balaban J connectivity index is 2.06. The van der Waals surface area contributed by atoms with Gasteiger partial charge in [0.2, 0.25) is 15.9 Å². The molecule has 9 heteroatoms. The number of rotatable bonds is 7. The average Bonchev–Trinajstić information content (AvgIpc) is 2.61. The van der Waals surface area contributed by atoms with E-state index in [-0.39, 0.29) is 30.7 Å². The molecule has 0 saturated carbocycles. The number of nitrogens with zero attached hydrogens (tertiary/aromatic N) is 3. The van der Waals surface area contributed by atoms with E-state index in [9.17, 15) is 23.1 Å². The molecule has 1 fully saturated rings. The van der Waals surface area contributed by atoms with Gasteiger partial charge >= 0.3 is 5.97 Å². The van der Waals surface area contributed by atoms with Gasteiger partial charge in [0.25, 0.3) is 0 Å². The minimum Gasteiger partial charge on any atom is -0.480 e. The highest BCUT2D eigenvalue weighted by Crippen LogP contribution is 2.20. The molecule has 0 aliphatic carbocycles. The van der Waals surface area contributed by atoms with Crippen LogP contribution in [0.25, 0.3) is 0 Å². The summed E-state index contributed by atoms with van der Waals surface area (Å²) in [6.45, 7) is 3.66. The summed E-state index contributed by atoms with van der Waals surface area (Å²) in [6, 6.07) is 3.33. The van der Waals surface area contributed by atoms with E-state index in [1.807, 2.05) is 6.92 Å². The van der Waals surface area contributed by atoms with Gasteiger partial charge in [0.15, 0.2) is 0 Å². The van der Waals surface area contributed by atoms with E-state index in [1.165, 1.54) is 9.21 Å². The molecule has 2 heterocycles. The van der Waals surface area contributed by atoms with Crippen LogP contribution in [0, 0.1) is 6.92 Å². The monoisotopic (exact) mass is 383 g/mol. The zero-order valence-corrected chi connectivity index (χ0v) is 15.9. The van der Waals surface area contributed by atoms with Crippen molar-refractivity contribution < 1.29 is 23.1 Å². The lowest BCUT2D eigenvalue weighted by molar-refractivity contribution is -0.146. The second kappa shape index (κ2) is 8.59. The number of hydrogen-bond donors (Lipinski definition) is 1. The van der Waals surface area contributed by atoms with Gasteiger partial charge in [0.1, 0.15) is 6.54 Å². The van der Waals surface area contributed by atoms with Crippen LogP contribution in [0.2, 0.25) is 0 Å². The Morgan fingerprint density at radius 2 is 1.96 bits per heavy atom. The summed E-state index contributed by atoms with van der Waals surface area (Å²) in [7, 11) is -3.26. The number of carboxylic acid groups (broad SMARTS) is 1. The number of aliphatic carboxylic acids is 1. The van der Waals surface area contributed by atoms with E-state index < -0.39 is 16.0 Å². The summed E-state index contributed by atoms with van der Waals surface area (Å²) in [4.78, 5) is 29.4. The Kier molecular flexibility index (Phi) is 6.71. The minimum atomic E-state index is -3.26. The van der Waals surface area contributed by atoms with E-state index in [1.54, 1.807) is 25.3 Å². The zero-order chi connectivity index (χ0) is 19.3. The van der Waals surface area contributed by atoms with Gasteiger partial charge in [-0.15, -0.1) is 0 Å². The molecule has 144 valence electrons. The molecule has 0 aromatic carbocycles. The third-order valence-electron chi connectivity index (χ3n) is 4.58. The molecule has 0 radical (unpaired) electrons. The van der Waals surface area contributed by atoms with Crippen molar-refractivity contribution in [3.05, 3.63) is 29.6 Å². The molecule has 26 heavy (non-hydrogen) atoms. The Hall–Kier alpha value is -2.00. The SMILES string of the molecule is CCS(=O)(=O)N1CCC(N(CC(=O)O)C(=O)Cc2ccc(C)nc2)CC1. The Morgan fingerprint density at radius 1 is 1.31 bits per heavy atom. The van der Waals surface area contributed by atoms with Crippen LogP contribution in [0.15, 0.2) is 18.3 Å². The van der Waals surface area contributed by atoms with Gasteiger partial charge in [-0.05, 0) is 38.3 Å². The van der Waals surface area contributed by atoms with Crippen molar-refractivity contribution >= 4 is 21.9 Å². The predicted octanol–water partition coefficient (Wildman–Crippen LogP) is 0.660. The molecule has 0 bridgehead atoms. The van der Waals surface area contributed by atoms with Crippen molar-refractivity contribution in [1.82, 2.24) is 14.2 Å². The molecule has 8 nitrogen and oxygen atoms in total. The second-order valence-electron chi connectivity index (χ2n) is 6.43. The molecule has 2 rings (SSSR count). The zero-order valence-electron chi connectivity index (χ0n) is 15.1. The predicted molar refractivity (Wildman–Crippen MR) is 96.1 cm³/mol. The van der Waals surface area contributed by atoms with Gasteiger partial charge in [0.05, 0.1) is 12.2 Å². The lowest BCUT2D eigenvalue weighted by atomic mass is 10.0. The highest BCUT2D eigenvalue weighted by Gasteiger charge is 2.32. The summed E-state index contributed by atoms with van der Waals surface area (Å²) >= 11 is 0. The third kappa shape index (κ3) is 5.25. The van der Waals surface area contributed by atoms with Crippen molar-refractivity contribution in [1.29, 1.82) is 0 Å². The fraction of sp³-hybridized carbons (Fsp3) is 0.588. The minimum absolute atomic E-state index is 0.0376. The van der Waals surface area contributed by atoms with Crippen LogP contribution < -0.4 is 0 Å². The molecule has 1 aromatic rings. The van der Waals surface area contributed by atoms with E-state index in [4.69, 9.17) is 0 Å². The van der Waals surface area contributed by atoms with E-state index >= 15 is 0 Å². The van der Waals surface area contributed by atoms with Crippen molar-refractivity contribution in [3.8, 4) is 0 Å². The van der Waals surface area contributed by atoms with Gasteiger partial charge < -0.3 is 10.0 Å². The first kappa shape index (κ1) is 20.3. The molecule has 1 aliphatic heterocycles. The fourth-order valence-electron chi connectivity index (χ4n) is 3.06. The van der Waals surface area contributed by atoms with E-state index in [2.05, 4.69) is 4.98 Å². The van der Waals surface area contributed by atoms with Crippen LogP contribution in [0.4, 0.5) is 0 Å². The smallest absolute Gasteiger partial charge is 0.323 e. The maximum atomic E-state index is 12.7. The summed E-state index contributed by atoms with van der Waals surface area (Å²) in [5.74, 6) is -1.32. The maximum absolute atomic E-state index is 12.7. The van der Waals surface area contributed by atoms with Crippen molar-refractivity contribution in [2.75, 3.05) is 25.4 Å². The molecule has 1 N–H and O–H groups in total. The number of carboxylic acids is 1. The summed E-state index contributed by atoms with van der Waals surface area (Å²) in [6.07, 6.45) is 2.56.